The predicted octanol–water partition coefficient (Wildman–Crippen LogP) is 5.48. The van der Waals surface area contributed by atoms with Crippen LogP contribution in [0.25, 0.3) is 17.1 Å². The van der Waals surface area contributed by atoms with Crippen LogP contribution in [0.4, 0.5) is 18.9 Å². The van der Waals surface area contributed by atoms with Crippen molar-refractivity contribution < 1.29 is 22.7 Å². The highest BCUT2D eigenvalue weighted by Crippen LogP contribution is 2.35. The van der Waals surface area contributed by atoms with E-state index in [1.165, 1.54) is 18.2 Å². The van der Waals surface area contributed by atoms with Crippen molar-refractivity contribution in [2.75, 3.05) is 17.7 Å². The van der Waals surface area contributed by atoms with Crippen LogP contribution in [0.1, 0.15) is 12.5 Å². The first-order chi connectivity index (χ1) is 16.9. The molecule has 4 aromatic rings. The van der Waals surface area contributed by atoms with E-state index < -0.39 is 17.6 Å². The molecule has 0 saturated carbocycles. The van der Waals surface area contributed by atoms with Crippen molar-refractivity contribution in [2.24, 2.45) is 0 Å². The lowest BCUT2D eigenvalue weighted by Crippen LogP contribution is -2.18. The second-order valence-corrected chi connectivity index (χ2v) is 8.13. The highest BCUT2D eigenvalue weighted by atomic mass is 32.2. The second kappa shape index (κ2) is 10.6. The lowest BCUT2D eigenvalue weighted by atomic mass is 10.1. The molecular weight excluding hydrogens is 479 g/mol. The van der Waals surface area contributed by atoms with Crippen LogP contribution in [0.15, 0.2) is 78.2 Å². The van der Waals surface area contributed by atoms with Crippen LogP contribution < -0.4 is 10.1 Å². The van der Waals surface area contributed by atoms with Crippen LogP contribution >= 0.6 is 11.8 Å². The van der Waals surface area contributed by atoms with Gasteiger partial charge in [0.25, 0.3) is 0 Å². The third-order valence-electron chi connectivity index (χ3n) is 4.82. The molecule has 0 fully saturated rings. The molecule has 2 aromatic carbocycles. The van der Waals surface area contributed by atoms with Crippen LogP contribution in [0.3, 0.4) is 0 Å². The van der Waals surface area contributed by atoms with E-state index in [4.69, 9.17) is 4.74 Å². The van der Waals surface area contributed by atoms with Gasteiger partial charge in [0.2, 0.25) is 5.91 Å². The summed E-state index contributed by atoms with van der Waals surface area (Å²) in [6, 6.07) is 15.7. The number of alkyl halides is 3. The minimum absolute atomic E-state index is 0.169. The van der Waals surface area contributed by atoms with Crippen LogP contribution in [0, 0.1) is 0 Å². The SMILES string of the molecule is CCOc1ccc(-n2c(SCC(=O)Nc3ccccc3C(F)(F)F)nnc2-c2ccncc2)cc1. The number of anilines is 1. The summed E-state index contributed by atoms with van der Waals surface area (Å²) < 4.78 is 47.0. The van der Waals surface area contributed by atoms with E-state index in [9.17, 15) is 18.0 Å². The van der Waals surface area contributed by atoms with Crippen molar-refractivity contribution in [3.05, 3.63) is 78.6 Å². The monoisotopic (exact) mass is 499 g/mol. The van der Waals surface area contributed by atoms with E-state index in [2.05, 4.69) is 20.5 Å². The fraction of sp³-hybridized carbons (Fsp3) is 0.167. The maximum atomic E-state index is 13.2. The number of hydrogen-bond acceptors (Lipinski definition) is 6. The molecule has 1 N–H and O–H groups in total. The Kier molecular flexibility index (Phi) is 7.35. The fourth-order valence-corrected chi connectivity index (χ4v) is 4.05. The molecule has 0 radical (unpaired) electrons. The first-order valence-corrected chi connectivity index (χ1v) is 11.5. The largest absolute Gasteiger partial charge is 0.494 e. The van der Waals surface area contributed by atoms with Crippen LogP contribution in [-0.4, -0.2) is 38.0 Å². The summed E-state index contributed by atoms with van der Waals surface area (Å²) in [6.45, 7) is 2.42. The van der Waals surface area contributed by atoms with Crippen molar-refractivity contribution in [1.29, 1.82) is 0 Å². The van der Waals surface area contributed by atoms with Crippen LogP contribution in [0.5, 0.6) is 5.75 Å². The minimum atomic E-state index is -4.58. The summed E-state index contributed by atoms with van der Waals surface area (Å²) in [5.41, 5.74) is 0.291. The number of ether oxygens (including phenoxy) is 1. The molecule has 0 spiro atoms. The fourth-order valence-electron chi connectivity index (χ4n) is 3.30. The maximum Gasteiger partial charge on any atom is 0.418 e. The third-order valence-corrected chi connectivity index (χ3v) is 5.75. The number of amides is 1. The molecule has 0 aliphatic carbocycles. The topological polar surface area (TPSA) is 81.9 Å². The maximum absolute atomic E-state index is 13.2. The minimum Gasteiger partial charge on any atom is -0.494 e. The standard InChI is InChI=1S/C24H20F3N5O2S/c1-2-34-18-9-7-17(8-10-18)32-22(16-11-13-28-14-12-16)30-31-23(32)35-15-21(33)29-20-6-4-3-5-19(20)24(25,26)27/h3-14H,2,15H2,1H3,(H,29,33). The Bertz CT molecular complexity index is 1290. The Morgan fingerprint density at radius 1 is 1.03 bits per heavy atom. The van der Waals surface area contributed by atoms with Gasteiger partial charge in [-0.05, 0) is 55.5 Å². The normalized spacial score (nSPS) is 11.3. The quantitative estimate of drug-likeness (QED) is 0.324. The van der Waals surface area contributed by atoms with Gasteiger partial charge in [-0.3, -0.25) is 14.3 Å². The third kappa shape index (κ3) is 5.80. The van der Waals surface area contributed by atoms with Crippen molar-refractivity contribution in [2.45, 2.75) is 18.3 Å². The predicted molar refractivity (Wildman–Crippen MR) is 127 cm³/mol. The average molecular weight is 500 g/mol. The molecule has 0 unspecified atom stereocenters. The lowest BCUT2D eigenvalue weighted by molar-refractivity contribution is -0.137. The van der Waals surface area contributed by atoms with Gasteiger partial charge < -0.3 is 10.1 Å². The number of nitrogens with zero attached hydrogens (tertiary/aromatic N) is 4. The molecule has 35 heavy (non-hydrogen) atoms. The van der Waals surface area contributed by atoms with Crippen molar-refractivity contribution in [1.82, 2.24) is 19.7 Å². The van der Waals surface area contributed by atoms with Gasteiger partial charge in [0, 0.05) is 23.6 Å². The number of carbonyl (C=O) groups excluding carboxylic acids is 1. The van der Waals surface area contributed by atoms with Gasteiger partial charge in [0.15, 0.2) is 11.0 Å². The molecule has 0 bridgehead atoms. The molecule has 0 saturated heterocycles. The first kappa shape index (κ1) is 24.3. The summed E-state index contributed by atoms with van der Waals surface area (Å²) in [6.07, 6.45) is -1.32. The lowest BCUT2D eigenvalue weighted by Gasteiger charge is -2.14. The molecule has 2 aromatic heterocycles. The number of para-hydroxylation sites is 1. The molecule has 180 valence electrons. The summed E-state index contributed by atoms with van der Waals surface area (Å²) in [5.74, 6) is 0.463. The molecular formula is C24H20F3N5O2S. The zero-order chi connectivity index (χ0) is 24.8. The number of thioether (sulfide) groups is 1. The summed E-state index contributed by atoms with van der Waals surface area (Å²) in [7, 11) is 0. The number of aromatic nitrogens is 4. The van der Waals surface area contributed by atoms with E-state index >= 15 is 0 Å². The van der Waals surface area contributed by atoms with Gasteiger partial charge in [-0.2, -0.15) is 13.2 Å². The Morgan fingerprint density at radius 3 is 2.43 bits per heavy atom. The van der Waals surface area contributed by atoms with Gasteiger partial charge in [-0.1, -0.05) is 23.9 Å². The van der Waals surface area contributed by atoms with E-state index in [0.29, 0.717) is 23.3 Å². The summed E-state index contributed by atoms with van der Waals surface area (Å²) in [4.78, 5) is 16.5. The van der Waals surface area contributed by atoms with Gasteiger partial charge in [-0.25, -0.2) is 0 Å². The molecule has 7 nitrogen and oxygen atoms in total. The van der Waals surface area contributed by atoms with Gasteiger partial charge in [-0.15, -0.1) is 10.2 Å². The molecule has 2 heterocycles. The second-order valence-electron chi connectivity index (χ2n) is 7.18. The van der Waals surface area contributed by atoms with Crippen LogP contribution in [-0.2, 0) is 11.0 Å². The van der Waals surface area contributed by atoms with Gasteiger partial charge in [0.05, 0.1) is 23.6 Å². The zero-order valence-corrected chi connectivity index (χ0v) is 19.3. The number of pyridine rings is 1. The molecule has 0 aliphatic heterocycles. The summed E-state index contributed by atoms with van der Waals surface area (Å²) >= 11 is 1.06. The highest BCUT2D eigenvalue weighted by Gasteiger charge is 2.33. The van der Waals surface area contributed by atoms with Gasteiger partial charge >= 0.3 is 6.18 Å². The van der Waals surface area contributed by atoms with Gasteiger partial charge in [0.1, 0.15) is 5.75 Å². The first-order valence-electron chi connectivity index (χ1n) is 10.5. The number of hydrogen-bond donors (Lipinski definition) is 1. The van der Waals surface area contributed by atoms with Crippen molar-refractivity contribution >= 4 is 23.4 Å². The number of halogens is 3. The Morgan fingerprint density at radius 2 is 1.74 bits per heavy atom. The number of rotatable bonds is 8. The van der Waals surface area contributed by atoms with E-state index in [1.807, 2.05) is 31.2 Å². The number of carbonyl (C=O) groups is 1. The molecule has 11 heteroatoms. The van der Waals surface area contributed by atoms with Crippen LogP contribution in [0.2, 0.25) is 0 Å². The van der Waals surface area contributed by atoms with E-state index in [0.717, 1.165) is 29.1 Å². The van der Waals surface area contributed by atoms with Crippen molar-refractivity contribution in [3.8, 4) is 22.8 Å². The molecule has 0 aliphatic rings. The Hall–Kier alpha value is -3.86. The smallest absolute Gasteiger partial charge is 0.418 e. The van der Waals surface area contributed by atoms with E-state index in [1.54, 1.807) is 29.1 Å². The Labute approximate surface area is 203 Å². The molecule has 0 atom stereocenters. The zero-order valence-electron chi connectivity index (χ0n) is 18.5. The average Bonchev–Trinajstić information content (AvgIpc) is 3.28. The van der Waals surface area contributed by atoms with E-state index in [-0.39, 0.29) is 11.4 Å². The molecule has 4 rings (SSSR count). The molecule has 1 amide bonds. The number of nitrogens with one attached hydrogen (secondary N) is 1. The number of benzene rings is 2. The Balaban J connectivity index is 1.58. The summed E-state index contributed by atoms with van der Waals surface area (Å²) in [5, 5.41) is 11.3. The highest BCUT2D eigenvalue weighted by molar-refractivity contribution is 7.99. The van der Waals surface area contributed by atoms with Crippen molar-refractivity contribution in [3.63, 3.8) is 0 Å².